The van der Waals surface area contributed by atoms with Gasteiger partial charge < -0.3 is 9.15 Å². The molecule has 0 spiro atoms. The maximum absolute atomic E-state index is 10.8. The summed E-state index contributed by atoms with van der Waals surface area (Å²) in [4.78, 5) is 14.6. The molecule has 0 aromatic carbocycles. The first-order valence-corrected chi connectivity index (χ1v) is 3.56. The van der Waals surface area contributed by atoms with E-state index in [0.717, 1.165) is 0 Å². The van der Waals surface area contributed by atoms with Crippen molar-refractivity contribution >= 4 is 12.0 Å². The second kappa shape index (κ2) is 4.33. The number of aromatic nitrogens is 1. The fourth-order valence-corrected chi connectivity index (χ4v) is 0.648. The zero-order valence-electron chi connectivity index (χ0n) is 6.69. The molecule has 0 aliphatic carbocycles. The van der Waals surface area contributed by atoms with E-state index in [1.54, 1.807) is 6.92 Å². The Labute approximate surface area is 69.9 Å². The number of hydrogen-bond donors (Lipinski definition) is 0. The zero-order valence-corrected chi connectivity index (χ0v) is 6.69. The minimum Gasteiger partial charge on any atom is -0.463 e. The van der Waals surface area contributed by atoms with Crippen molar-refractivity contribution in [1.82, 2.24) is 4.98 Å². The van der Waals surface area contributed by atoms with Crippen molar-refractivity contribution in [2.75, 3.05) is 6.61 Å². The molecule has 0 fully saturated rings. The molecule has 1 aromatic heterocycles. The fourth-order valence-electron chi connectivity index (χ4n) is 0.648. The number of hydrogen-bond acceptors (Lipinski definition) is 4. The molecule has 0 N–H and O–H groups in total. The van der Waals surface area contributed by atoms with Gasteiger partial charge in [-0.3, -0.25) is 0 Å². The highest BCUT2D eigenvalue weighted by Gasteiger charge is 1.94. The SMILES string of the molecule is CCOC(=O)C=Cc1cocn1. The molecule has 1 rings (SSSR count). The molecule has 0 unspecified atom stereocenters. The van der Waals surface area contributed by atoms with Crippen LogP contribution in [0.3, 0.4) is 0 Å². The van der Waals surface area contributed by atoms with Crippen LogP contribution in [0.15, 0.2) is 23.1 Å². The monoisotopic (exact) mass is 167 g/mol. The van der Waals surface area contributed by atoms with Gasteiger partial charge in [-0.15, -0.1) is 0 Å². The lowest BCUT2D eigenvalue weighted by atomic mass is 10.4. The molecular weight excluding hydrogens is 158 g/mol. The summed E-state index contributed by atoms with van der Waals surface area (Å²) in [6, 6.07) is 0. The van der Waals surface area contributed by atoms with Gasteiger partial charge in [0.1, 0.15) is 12.0 Å². The molecule has 1 heterocycles. The van der Waals surface area contributed by atoms with Crippen molar-refractivity contribution in [3.8, 4) is 0 Å². The number of esters is 1. The number of carbonyl (C=O) groups is 1. The summed E-state index contributed by atoms with van der Waals surface area (Å²) in [5.74, 6) is -0.375. The highest BCUT2D eigenvalue weighted by molar-refractivity contribution is 5.86. The number of carbonyl (C=O) groups excluding carboxylic acids is 1. The predicted octanol–water partition coefficient (Wildman–Crippen LogP) is 1.25. The first-order chi connectivity index (χ1) is 5.83. The van der Waals surface area contributed by atoms with Gasteiger partial charge in [0.2, 0.25) is 0 Å². The molecule has 0 bridgehead atoms. The average Bonchev–Trinajstić information content (AvgIpc) is 2.53. The second-order valence-corrected chi connectivity index (χ2v) is 2.00. The van der Waals surface area contributed by atoms with Crippen LogP contribution in [-0.2, 0) is 9.53 Å². The summed E-state index contributed by atoms with van der Waals surface area (Å²) in [5, 5.41) is 0. The Morgan fingerprint density at radius 2 is 2.67 bits per heavy atom. The number of oxazole rings is 1. The van der Waals surface area contributed by atoms with E-state index in [2.05, 4.69) is 9.72 Å². The van der Waals surface area contributed by atoms with E-state index in [-0.39, 0.29) is 5.97 Å². The van der Waals surface area contributed by atoms with Crippen LogP contribution in [0.4, 0.5) is 0 Å². The van der Waals surface area contributed by atoms with Gasteiger partial charge in [-0.25, -0.2) is 9.78 Å². The van der Waals surface area contributed by atoms with Gasteiger partial charge in [0.15, 0.2) is 6.39 Å². The largest absolute Gasteiger partial charge is 0.463 e. The Kier molecular flexibility index (Phi) is 3.07. The molecule has 1 aromatic rings. The number of rotatable bonds is 3. The summed E-state index contributed by atoms with van der Waals surface area (Å²) in [7, 11) is 0. The van der Waals surface area contributed by atoms with Crippen molar-refractivity contribution in [3.05, 3.63) is 24.4 Å². The molecule has 0 aliphatic rings. The molecular formula is C8H9NO3. The summed E-state index contributed by atoms with van der Waals surface area (Å²) in [6.45, 7) is 2.13. The minimum absolute atomic E-state index is 0.375. The van der Waals surface area contributed by atoms with E-state index < -0.39 is 0 Å². The highest BCUT2D eigenvalue weighted by atomic mass is 16.5. The third-order valence-electron chi connectivity index (χ3n) is 1.13. The van der Waals surface area contributed by atoms with Gasteiger partial charge in [-0.1, -0.05) is 0 Å². The van der Waals surface area contributed by atoms with Crippen molar-refractivity contribution in [2.45, 2.75) is 6.92 Å². The molecule has 0 atom stereocenters. The molecule has 64 valence electrons. The maximum atomic E-state index is 10.8. The maximum Gasteiger partial charge on any atom is 0.330 e. The summed E-state index contributed by atoms with van der Waals surface area (Å²) >= 11 is 0. The van der Waals surface area contributed by atoms with Crippen LogP contribution >= 0.6 is 0 Å². The Hall–Kier alpha value is -1.58. The fraction of sp³-hybridized carbons (Fsp3) is 0.250. The van der Waals surface area contributed by atoms with Gasteiger partial charge in [-0.2, -0.15) is 0 Å². The molecule has 12 heavy (non-hydrogen) atoms. The third-order valence-corrected chi connectivity index (χ3v) is 1.13. The summed E-state index contributed by atoms with van der Waals surface area (Å²) < 4.78 is 9.35. The Morgan fingerprint density at radius 1 is 1.83 bits per heavy atom. The molecule has 0 amide bonds. The number of ether oxygens (including phenoxy) is 1. The van der Waals surface area contributed by atoms with Crippen LogP contribution in [0.1, 0.15) is 12.6 Å². The summed E-state index contributed by atoms with van der Waals surface area (Å²) in [6.07, 6.45) is 5.57. The van der Waals surface area contributed by atoms with Crippen LogP contribution in [-0.4, -0.2) is 17.6 Å². The van der Waals surface area contributed by atoms with Crippen molar-refractivity contribution < 1.29 is 13.9 Å². The van der Waals surface area contributed by atoms with Crippen LogP contribution in [0.25, 0.3) is 6.08 Å². The van der Waals surface area contributed by atoms with E-state index in [1.165, 1.54) is 24.8 Å². The van der Waals surface area contributed by atoms with E-state index in [4.69, 9.17) is 4.42 Å². The minimum atomic E-state index is -0.375. The van der Waals surface area contributed by atoms with Crippen LogP contribution in [0, 0.1) is 0 Å². The van der Waals surface area contributed by atoms with Crippen molar-refractivity contribution in [3.63, 3.8) is 0 Å². The van der Waals surface area contributed by atoms with Crippen LogP contribution in [0.2, 0.25) is 0 Å². The van der Waals surface area contributed by atoms with Gasteiger partial charge >= 0.3 is 5.97 Å². The lowest BCUT2D eigenvalue weighted by Gasteiger charge is -1.92. The molecule has 4 nitrogen and oxygen atoms in total. The summed E-state index contributed by atoms with van der Waals surface area (Å²) in [5.41, 5.74) is 0.600. The molecule has 0 saturated carbocycles. The number of nitrogens with zero attached hydrogens (tertiary/aromatic N) is 1. The highest BCUT2D eigenvalue weighted by Crippen LogP contribution is 1.97. The Morgan fingerprint density at radius 3 is 3.25 bits per heavy atom. The first-order valence-electron chi connectivity index (χ1n) is 3.56. The standard InChI is InChI=1S/C8H9NO3/c1-2-12-8(10)4-3-7-5-11-6-9-7/h3-6H,2H2,1H3. The Balaban J connectivity index is 2.45. The lowest BCUT2D eigenvalue weighted by Crippen LogP contribution is -1.98. The lowest BCUT2D eigenvalue weighted by molar-refractivity contribution is -0.137. The zero-order chi connectivity index (χ0) is 8.81. The molecule has 4 heteroatoms. The molecule has 0 saturated heterocycles. The van der Waals surface area contributed by atoms with Crippen LogP contribution < -0.4 is 0 Å². The predicted molar refractivity (Wildman–Crippen MR) is 42.2 cm³/mol. The van der Waals surface area contributed by atoms with Crippen molar-refractivity contribution in [1.29, 1.82) is 0 Å². The normalized spacial score (nSPS) is 10.4. The van der Waals surface area contributed by atoms with Gasteiger partial charge in [0.05, 0.1) is 6.61 Å². The molecule has 0 radical (unpaired) electrons. The van der Waals surface area contributed by atoms with Crippen LogP contribution in [0.5, 0.6) is 0 Å². The van der Waals surface area contributed by atoms with Gasteiger partial charge in [0.25, 0.3) is 0 Å². The average molecular weight is 167 g/mol. The van der Waals surface area contributed by atoms with E-state index in [9.17, 15) is 4.79 Å². The smallest absolute Gasteiger partial charge is 0.330 e. The second-order valence-electron chi connectivity index (χ2n) is 2.00. The van der Waals surface area contributed by atoms with E-state index >= 15 is 0 Å². The van der Waals surface area contributed by atoms with Gasteiger partial charge in [-0.05, 0) is 13.0 Å². The quantitative estimate of drug-likeness (QED) is 0.502. The molecule has 0 aliphatic heterocycles. The Bertz CT molecular complexity index is 264. The van der Waals surface area contributed by atoms with E-state index in [1.807, 2.05) is 0 Å². The van der Waals surface area contributed by atoms with Gasteiger partial charge in [0, 0.05) is 6.08 Å². The van der Waals surface area contributed by atoms with E-state index in [0.29, 0.717) is 12.3 Å². The third kappa shape index (κ3) is 2.57. The van der Waals surface area contributed by atoms with Crippen molar-refractivity contribution in [2.24, 2.45) is 0 Å². The first kappa shape index (κ1) is 8.52. The topological polar surface area (TPSA) is 52.3 Å².